The van der Waals surface area contributed by atoms with Crippen molar-refractivity contribution in [1.29, 1.82) is 0 Å². The third-order valence-corrected chi connectivity index (χ3v) is 2.24. The van der Waals surface area contributed by atoms with Gasteiger partial charge in [-0.15, -0.1) is 0 Å². The molecule has 0 bridgehead atoms. The molecule has 0 radical (unpaired) electrons. The highest BCUT2D eigenvalue weighted by atomic mass is 35.5. The van der Waals surface area contributed by atoms with E-state index < -0.39 is 0 Å². The van der Waals surface area contributed by atoms with Crippen molar-refractivity contribution in [2.75, 3.05) is 5.73 Å². The van der Waals surface area contributed by atoms with Gasteiger partial charge in [0.1, 0.15) is 11.0 Å². The molecule has 1 heterocycles. The van der Waals surface area contributed by atoms with Crippen molar-refractivity contribution in [3.8, 4) is 0 Å². The van der Waals surface area contributed by atoms with Crippen LogP contribution < -0.4 is 5.73 Å². The first-order valence-corrected chi connectivity index (χ1v) is 3.89. The van der Waals surface area contributed by atoms with Gasteiger partial charge in [0.25, 0.3) is 0 Å². The molecule has 0 unspecified atom stereocenters. The molecule has 12 heavy (non-hydrogen) atoms. The van der Waals surface area contributed by atoms with Gasteiger partial charge in [0, 0.05) is 0 Å². The van der Waals surface area contributed by atoms with Crippen molar-refractivity contribution in [2.24, 2.45) is 0 Å². The van der Waals surface area contributed by atoms with Gasteiger partial charge in [-0.25, -0.2) is 0 Å². The van der Waals surface area contributed by atoms with E-state index in [1.54, 1.807) is 6.07 Å². The van der Waals surface area contributed by atoms with Crippen molar-refractivity contribution in [3.63, 3.8) is 0 Å². The number of hydrogen-bond donors (Lipinski definition) is 2. The van der Waals surface area contributed by atoms with E-state index in [2.05, 4.69) is 15.4 Å². The van der Waals surface area contributed by atoms with E-state index >= 15 is 0 Å². The lowest BCUT2D eigenvalue weighted by molar-refractivity contribution is 0.959. The predicted octanol–water partition coefficient (Wildman–Crippen LogP) is 1.85. The Balaban J connectivity index is 2.94. The maximum absolute atomic E-state index is 5.84. The molecule has 4 nitrogen and oxygen atoms in total. The van der Waals surface area contributed by atoms with E-state index in [0.29, 0.717) is 26.8 Å². The second-order valence-corrected chi connectivity index (χ2v) is 3.06. The molecule has 3 N–H and O–H groups in total. The molecule has 6 heteroatoms. The van der Waals surface area contributed by atoms with Gasteiger partial charge in [-0.1, -0.05) is 23.2 Å². The highest BCUT2D eigenvalue weighted by Crippen LogP contribution is 2.32. The molecule has 1 aromatic carbocycles. The van der Waals surface area contributed by atoms with Gasteiger partial charge in [-0.3, -0.25) is 0 Å². The zero-order valence-electron chi connectivity index (χ0n) is 5.81. The Labute approximate surface area is 77.6 Å². The summed E-state index contributed by atoms with van der Waals surface area (Å²) < 4.78 is 0. The van der Waals surface area contributed by atoms with Crippen LogP contribution in [-0.2, 0) is 0 Å². The lowest BCUT2D eigenvalue weighted by atomic mass is 10.3. The number of benzene rings is 1. The number of aromatic nitrogens is 3. The maximum Gasteiger partial charge on any atom is 0.133 e. The zero-order chi connectivity index (χ0) is 8.72. The average molecular weight is 203 g/mol. The summed E-state index contributed by atoms with van der Waals surface area (Å²) >= 11 is 11.6. The highest BCUT2D eigenvalue weighted by Gasteiger charge is 2.10. The van der Waals surface area contributed by atoms with Gasteiger partial charge < -0.3 is 5.73 Å². The molecule has 2 aromatic rings. The first kappa shape index (κ1) is 7.64. The van der Waals surface area contributed by atoms with Gasteiger partial charge >= 0.3 is 0 Å². The summed E-state index contributed by atoms with van der Waals surface area (Å²) in [6, 6.07) is 1.61. The molecule has 62 valence electrons. The third kappa shape index (κ3) is 0.922. The van der Waals surface area contributed by atoms with Crippen LogP contribution in [0.25, 0.3) is 11.0 Å². The minimum absolute atomic E-state index is 0.333. The molecule has 0 aliphatic rings. The number of hydrogen-bond acceptors (Lipinski definition) is 3. The topological polar surface area (TPSA) is 67.6 Å². The first-order chi connectivity index (χ1) is 5.70. The van der Waals surface area contributed by atoms with Gasteiger partial charge in [-0.05, 0) is 6.07 Å². The molecule has 2 rings (SSSR count). The number of nitrogens with one attached hydrogen (secondary N) is 1. The quantitative estimate of drug-likeness (QED) is 0.642. The van der Waals surface area contributed by atoms with Gasteiger partial charge in [0.2, 0.25) is 0 Å². The molecule has 0 saturated heterocycles. The number of halogens is 2. The molecule has 0 aliphatic heterocycles. The SMILES string of the molecule is Nc1c(Cl)cc2n[nH]nc2c1Cl. The molecule has 0 aliphatic carbocycles. The van der Waals surface area contributed by atoms with Crippen LogP contribution >= 0.6 is 23.2 Å². The Morgan fingerprint density at radius 1 is 1.33 bits per heavy atom. The molecule has 0 spiro atoms. The summed E-state index contributed by atoms with van der Waals surface area (Å²) in [5.41, 5.74) is 7.05. The molecular weight excluding hydrogens is 199 g/mol. The smallest absolute Gasteiger partial charge is 0.133 e. The molecule has 0 atom stereocenters. The third-order valence-electron chi connectivity index (χ3n) is 1.54. The van der Waals surface area contributed by atoms with Crippen LogP contribution in [0.4, 0.5) is 5.69 Å². The number of rotatable bonds is 0. The van der Waals surface area contributed by atoms with Crippen molar-refractivity contribution in [2.45, 2.75) is 0 Å². The molecule has 0 fully saturated rings. The maximum atomic E-state index is 5.84. The molecule has 0 saturated carbocycles. The fourth-order valence-corrected chi connectivity index (χ4v) is 1.42. The fraction of sp³-hybridized carbons (Fsp3) is 0. The lowest BCUT2D eigenvalue weighted by Crippen LogP contribution is -1.88. The summed E-state index contributed by atoms with van der Waals surface area (Å²) in [5, 5.41) is 10.8. The fourth-order valence-electron chi connectivity index (χ4n) is 0.931. The average Bonchev–Trinajstić information content (AvgIpc) is 2.48. The van der Waals surface area contributed by atoms with E-state index in [1.807, 2.05) is 0 Å². The monoisotopic (exact) mass is 202 g/mol. The van der Waals surface area contributed by atoms with Crippen LogP contribution in [0.2, 0.25) is 10.0 Å². The standard InChI is InChI=1S/C6H4Cl2N4/c7-2-1-3-6(11-12-10-3)4(8)5(2)9/h1H,9H2,(H,10,11,12). The molecule has 1 aromatic heterocycles. The first-order valence-electron chi connectivity index (χ1n) is 3.14. The number of nitrogens with two attached hydrogens (primary N) is 1. The number of aromatic amines is 1. The summed E-state index contributed by atoms with van der Waals surface area (Å²) in [7, 11) is 0. The number of nitrogen functional groups attached to an aromatic ring is 1. The highest BCUT2D eigenvalue weighted by molar-refractivity contribution is 6.42. The lowest BCUT2D eigenvalue weighted by Gasteiger charge is -1.99. The Morgan fingerprint density at radius 3 is 2.83 bits per heavy atom. The summed E-state index contributed by atoms with van der Waals surface area (Å²) in [6.07, 6.45) is 0. The summed E-state index contributed by atoms with van der Waals surface area (Å²) in [4.78, 5) is 0. The normalized spacial score (nSPS) is 10.8. The van der Waals surface area contributed by atoms with Crippen LogP contribution in [-0.4, -0.2) is 15.4 Å². The molecule has 0 amide bonds. The van der Waals surface area contributed by atoms with Crippen LogP contribution in [0.3, 0.4) is 0 Å². The summed E-state index contributed by atoms with van der Waals surface area (Å²) in [6.45, 7) is 0. The van der Waals surface area contributed by atoms with Crippen LogP contribution in [0.5, 0.6) is 0 Å². The van der Waals surface area contributed by atoms with Gasteiger partial charge in [0.05, 0.1) is 15.7 Å². The Bertz CT molecular complexity index is 436. The number of anilines is 1. The summed E-state index contributed by atoms with van der Waals surface area (Å²) in [5.74, 6) is 0. The molecular formula is C6H4Cl2N4. The second-order valence-electron chi connectivity index (χ2n) is 2.28. The number of nitrogens with zero attached hydrogens (tertiary/aromatic N) is 2. The van der Waals surface area contributed by atoms with Crippen molar-refractivity contribution >= 4 is 39.9 Å². The van der Waals surface area contributed by atoms with Crippen LogP contribution in [0, 0.1) is 0 Å². The predicted molar refractivity (Wildman–Crippen MR) is 48.3 cm³/mol. The van der Waals surface area contributed by atoms with Crippen molar-refractivity contribution in [1.82, 2.24) is 15.4 Å². The number of H-pyrrole nitrogens is 1. The van der Waals surface area contributed by atoms with E-state index in [1.165, 1.54) is 0 Å². The minimum atomic E-state index is 0.333. The van der Waals surface area contributed by atoms with E-state index in [-0.39, 0.29) is 0 Å². The Morgan fingerprint density at radius 2 is 2.08 bits per heavy atom. The van der Waals surface area contributed by atoms with E-state index in [0.717, 1.165) is 0 Å². The van der Waals surface area contributed by atoms with Crippen LogP contribution in [0.1, 0.15) is 0 Å². The van der Waals surface area contributed by atoms with Gasteiger partial charge in [-0.2, -0.15) is 15.4 Å². The van der Waals surface area contributed by atoms with E-state index in [9.17, 15) is 0 Å². The Kier molecular flexibility index (Phi) is 1.59. The van der Waals surface area contributed by atoms with Crippen molar-refractivity contribution in [3.05, 3.63) is 16.1 Å². The number of fused-ring (bicyclic) bond motifs is 1. The van der Waals surface area contributed by atoms with Crippen molar-refractivity contribution < 1.29 is 0 Å². The minimum Gasteiger partial charge on any atom is -0.396 e. The zero-order valence-corrected chi connectivity index (χ0v) is 7.32. The van der Waals surface area contributed by atoms with Crippen LogP contribution in [0.15, 0.2) is 6.07 Å². The van der Waals surface area contributed by atoms with Gasteiger partial charge in [0.15, 0.2) is 0 Å². The van der Waals surface area contributed by atoms with E-state index in [4.69, 9.17) is 28.9 Å². The largest absolute Gasteiger partial charge is 0.396 e. The Hall–Kier alpha value is -1.00. The second kappa shape index (κ2) is 2.50.